The van der Waals surface area contributed by atoms with Crippen LogP contribution in [0, 0.1) is 6.92 Å². The molecule has 0 atom stereocenters. The minimum absolute atomic E-state index is 0.209. The number of benzene rings is 2. The normalized spacial score (nSPS) is 13.1. The Hall–Kier alpha value is -4.40. The van der Waals surface area contributed by atoms with E-state index < -0.39 is 6.03 Å². The second-order valence-corrected chi connectivity index (χ2v) is 7.49. The van der Waals surface area contributed by atoms with Crippen LogP contribution in [0.3, 0.4) is 0 Å². The number of ether oxygens (including phenoxy) is 1. The second-order valence-electron chi connectivity index (χ2n) is 7.49. The molecule has 0 unspecified atom stereocenters. The van der Waals surface area contributed by atoms with Gasteiger partial charge in [0.25, 0.3) is 0 Å². The Labute approximate surface area is 191 Å². The third-order valence-electron chi connectivity index (χ3n) is 5.03. The van der Waals surface area contributed by atoms with Gasteiger partial charge in [0.2, 0.25) is 5.91 Å². The van der Waals surface area contributed by atoms with Gasteiger partial charge in [-0.15, -0.1) is 0 Å². The van der Waals surface area contributed by atoms with Crippen LogP contribution < -0.4 is 20.3 Å². The summed E-state index contributed by atoms with van der Waals surface area (Å²) < 4.78 is 5.90. The Kier molecular flexibility index (Phi) is 6.21. The van der Waals surface area contributed by atoms with Crippen molar-refractivity contribution in [1.29, 1.82) is 0 Å². The van der Waals surface area contributed by atoms with Gasteiger partial charge in [-0.2, -0.15) is 0 Å². The zero-order chi connectivity index (χ0) is 23.4. The number of carbonyl (C=O) groups excluding carboxylic acids is 3. The first-order valence-electron chi connectivity index (χ1n) is 10.4. The number of imide groups is 1. The summed E-state index contributed by atoms with van der Waals surface area (Å²) in [5.41, 5.74) is 2.10. The summed E-state index contributed by atoms with van der Waals surface area (Å²) in [7, 11) is 0. The number of hydrogen-bond donors (Lipinski definition) is 2. The van der Waals surface area contributed by atoms with E-state index in [0.717, 1.165) is 11.3 Å². The minimum atomic E-state index is -0.505. The van der Waals surface area contributed by atoms with Gasteiger partial charge >= 0.3 is 12.1 Å². The van der Waals surface area contributed by atoms with Crippen LogP contribution in [0.15, 0.2) is 66.9 Å². The number of hydrogen-bond acceptors (Lipinski definition) is 5. The topological polar surface area (TPSA) is 104 Å². The molecule has 2 N–H and O–H groups in total. The van der Waals surface area contributed by atoms with E-state index in [9.17, 15) is 14.4 Å². The fraction of sp³-hybridized carbons (Fsp3) is 0.167. The van der Waals surface area contributed by atoms with Crippen molar-refractivity contribution in [2.45, 2.75) is 13.8 Å². The van der Waals surface area contributed by atoms with Gasteiger partial charge in [0.15, 0.2) is 0 Å². The van der Waals surface area contributed by atoms with Crippen molar-refractivity contribution >= 4 is 35.2 Å². The summed E-state index contributed by atoms with van der Waals surface area (Å²) in [6.45, 7) is 4.01. The van der Waals surface area contributed by atoms with E-state index >= 15 is 0 Å². The van der Waals surface area contributed by atoms with Crippen LogP contribution in [-0.2, 0) is 4.79 Å². The molecule has 5 amide bonds. The van der Waals surface area contributed by atoms with Crippen LogP contribution >= 0.6 is 0 Å². The van der Waals surface area contributed by atoms with Crippen molar-refractivity contribution in [3.05, 3.63) is 72.4 Å². The van der Waals surface area contributed by atoms with Crippen LogP contribution in [0.5, 0.6) is 11.5 Å². The highest BCUT2D eigenvalue weighted by Crippen LogP contribution is 2.29. The van der Waals surface area contributed by atoms with Gasteiger partial charge < -0.3 is 15.4 Å². The smallest absolute Gasteiger partial charge is 0.332 e. The zero-order valence-corrected chi connectivity index (χ0v) is 18.2. The summed E-state index contributed by atoms with van der Waals surface area (Å²) >= 11 is 0. The van der Waals surface area contributed by atoms with Gasteiger partial charge in [-0.1, -0.05) is 24.3 Å². The summed E-state index contributed by atoms with van der Waals surface area (Å²) in [6.07, 6.45) is 1.50. The van der Waals surface area contributed by atoms with Gasteiger partial charge in [-0.25, -0.2) is 19.5 Å². The highest BCUT2D eigenvalue weighted by molar-refractivity contribution is 6.08. The van der Waals surface area contributed by atoms with Crippen molar-refractivity contribution in [1.82, 2.24) is 9.88 Å². The maximum atomic E-state index is 12.8. The first-order valence-corrected chi connectivity index (χ1v) is 10.4. The summed E-state index contributed by atoms with van der Waals surface area (Å²) in [4.78, 5) is 43.5. The standard InChI is InChI=1S/C24H23N5O4/c1-16-8-9-18(14-21(16)33-20-10-11-22(25-15-20)26-17(2)30)27-23(31)29-13-12-28(24(29)32)19-6-4-3-5-7-19/h3-11,14-15H,12-13H2,1-2H3,(H,27,31)(H,25,26,30). The highest BCUT2D eigenvalue weighted by Gasteiger charge is 2.34. The number of amides is 5. The molecule has 2 aromatic carbocycles. The molecule has 0 aliphatic carbocycles. The SMILES string of the molecule is CC(=O)Nc1ccc(Oc2cc(NC(=O)N3CCN(c4ccccc4)C3=O)ccc2C)cn1. The number of pyridine rings is 1. The number of rotatable bonds is 5. The van der Waals surface area contributed by atoms with Crippen molar-refractivity contribution in [3.63, 3.8) is 0 Å². The maximum absolute atomic E-state index is 12.8. The summed E-state index contributed by atoms with van der Waals surface area (Å²) in [5.74, 6) is 1.22. The number of anilines is 3. The molecule has 1 aliphatic rings. The Bertz CT molecular complexity index is 1180. The molecule has 0 spiro atoms. The van der Waals surface area contributed by atoms with Crippen molar-refractivity contribution in [3.8, 4) is 11.5 Å². The van der Waals surface area contributed by atoms with E-state index in [2.05, 4.69) is 15.6 Å². The fourth-order valence-corrected chi connectivity index (χ4v) is 3.37. The quantitative estimate of drug-likeness (QED) is 0.597. The maximum Gasteiger partial charge on any atom is 0.332 e. The molecule has 1 saturated heterocycles. The Morgan fingerprint density at radius 3 is 2.48 bits per heavy atom. The number of nitrogens with one attached hydrogen (secondary N) is 2. The molecular formula is C24H23N5O4. The first-order chi connectivity index (χ1) is 15.9. The molecule has 4 rings (SSSR count). The van der Waals surface area contributed by atoms with E-state index in [-0.39, 0.29) is 11.9 Å². The number of nitrogens with zero attached hydrogens (tertiary/aromatic N) is 3. The predicted molar refractivity (Wildman–Crippen MR) is 125 cm³/mol. The summed E-state index contributed by atoms with van der Waals surface area (Å²) in [6, 6.07) is 16.9. The van der Waals surface area contributed by atoms with Crippen LogP contribution in [0.4, 0.5) is 26.8 Å². The average Bonchev–Trinajstić information content (AvgIpc) is 3.19. The predicted octanol–water partition coefficient (Wildman–Crippen LogP) is 4.61. The van der Waals surface area contributed by atoms with Gasteiger partial charge in [0, 0.05) is 30.9 Å². The van der Waals surface area contributed by atoms with Crippen molar-refractivity contribution in [2.75, 3.05) is 28.6 Å². The van der Waals surface area contributed by atoms with Gasteiger partial charge in [0.05, 0.1) is 12.7 Å². The average molecular weight is 445 g/mol. The van der Waals surface area contributed by atoms with Crippen molar-refractivity contribution < 1.29 is 19.1 Å². The molecule has 168 valence electrons. The largest absolute Gasteiger partial charge is 0.455 e. The molecular weight excluding hydrogens is 422 g/mol. The Morgan fingerprint density at radius 2 is 1.79 bits per heavy atom. The second kappa shape index (κ2) is 9.39. The lowest BCUT2D eigenvalue weighted by atomic mass is 10.2. The number of aromatic nitrogens is 1. The molecule has 0 radical (unpaired) electrons. The molecule has 1 fully saturated rings. The summed E-state index contributed by atoms with van der Waals surface area (Å²) in [5, 5.41) is 5.36. The molecule has 33 heavy (non-hydrogen) atoms. The molecule has 9 heteroatoms. The lowest BCUT2D eigenvalue weighted by molar-refractivity contribution is -0.114. The van der Waals surface area contributed by atoms with Crippen LogP contribution in [-0.4, -0.2) is 40.9 Å². The van der Waals surface area contributed by atoms with Gasteiger partial charge in [0.1, 0.15) is 17.3 Å². The van der Waals surface area contributed by atoms with E-state index in [1.165, 1.54) is 18.0 Å². The monoisotopic (exact) mass is 445 g/mol. The van der Waals surface area contributed by atoms with Crippen LogP contribution in [0.1, 0.15) is 12.5 Å². The van der Waals surface area contributed by atoms with E-state index in [0.29, 0.717) is 36.1 Å². The first kappa shape index (κ1) is 21.8. The van der Waals surface area contributed by atoms with E-state index in [4.69, 9.17) is 4.74 Å². The van der Waals surface area contributed by atoms with E-state index in [1.807, 2.05) is 43.3 Å². The molecule has 1 aromatic heterocycles. The third-order valence-corrected chi connectivity index (χ3v) is 5.03. The third kappa shape index (κ3) is 5.09. The number of aryl methyl sites for hydroxylation is 1. The van der Waals surface area contributed by atoms with Crippen LogP contribution in [0.25, 0.3) is 0 Å². The number of carbonyl (C=O) groups is 3. The zero-order valence-electron chi connectivity index (χ0n) is 18.2. The minimum Gasteiger partial charge on any atom is -0.455 e. The van der Waals surface area contributed by atoms with Gasteiger partial charge in [-0.05, 0) is 42.8 Å². The molecule has 0 saturated carbocycles. The lowest BCUT2D eigenvalue weighted by Gasteiger charge is -2.18. The lowest BCUT2D eigenvalue weighted by Crippen LogP contribution is -2.39. The molecule has 1 aliphatic heterocycles. The molecule has 3 aromatic rings. The number of para-hydroxylation sites is 1. The fourth-order valence-electron chi connectivity index (χ4n) is 3.37. The Morgan fingerprint density at radius 1 is 1.00 bits per heavy atom. The molecule has 9 nitrogen and oxygen atoms in total. The van der Waals surface area contributed by atoms with Crippen molar-refractivity contribution in [2.24, 2.45) is 0 Å². The van der Waals surface area contributed by atoms with Crippen LogP contribution in [0.2, 0.25) is 0 Å². The highest BCUT2D eigenvalue weighted by atomic mass is 16.5. The number of urea groups is 2. The van der Waals surface area contributed by atoms with Gasteiger partial charge in [-0.3, -0.25) is 9.69 Å². The van der Waals surface area contributed by atoms with E-state index in [1.54, 1.807) is 29.2 Å². The molecule has 0 bridgehead atoms. The molecule has 2 heterocycles. The Balaban J connectivity index is 1.43.